The first-order valence-corrected chi connectivity index (χ1v) is 17.9. The minimum atomic E-state index is -1.58. The van der Waals surface area contributed by atoms with Crippen LogP contribution in [0.25, 0.3) is 0 Å². The van der Waals surface area contributed by atoms with Crippen LogP contribution in [0.3, 0.4) is 0 Å². The standard InChI is InChI=1S/C37H49FN4O9/c1-6-30(43)42-32(45)29-18-25(50-35(48)40-20-23-14-13-16-27(38)26(23)22-40)21-41(29)31(44)28(39-34(47)51-36(3,4)5)17-12-10-8-9-11-15-24-19-37(24,42)33(46)49-7-2/h11,13-16,24-25,28-29H,6-10,12,17-22H2,1-5H3,(H,39,47)/t24-,25-,28+,29+,37-/m1/s1. The summed E-state index contributed by atoms with van der Waals surface area (Å²) in [5.74, 6) is -3.62. The fourth-order valence-electron chi connectivity index (χ4n) is 7.23. The van der Waals surface area contributed by atoms with Crippen molar-refractivity contribution in [1.82, 2.24) is 20.0 Å². The van der Waals surface area contributed by atoms with Gasteiger partial charge < -0.3 is 24.4 Å². The summed E-state index contributed by atoms with van der Waals surface area (Å²) >= 11 is 0. The molecule has 0 spiro atoms. The number of fused-ring (bicyclic) bond motifs is 3. The zero-order valence-corrected chi connectivity index (χ0v) is 30.1. The Morgan fingerprint density at radius 1 is 1.04 bits per heavy atom. The third kappa shape index (κ3) is 8.20. The summed E-state index contributed by atoms with van der Waals surface area (Å²) < 4.78 is 31.2. The van der Waals surface area contributed by atoms with E-state index in [1.54, 1.807) is 46.8 Å². The zero-order chi connectivity index (χ0) is 37.1. The highest BCUT2D eigenvalue weighted by atomic mass is 19.1. The van der Waals surface area contributed by atoms with E-state index < -0.39 is 76.9 Å². The number of ether oxygens (including phenoxy) is 3. The highest BCUT2D eigenvalue weighted by Gasteiger charge is 2.68. The molecule has 1 saturated carbocycles. The highest BCUT2D eigenvalue weighted by molar-refractivity contribution is 6.06. The van der Waals surface area contributed by atoms with Crippen LogP contribution in [-0.4, -0.2) is 93.1 Å². The quantitative estimate of drug-likeness (QED) is 0.259. The van der Waals surface area contributed by atoms with E-state index >= 15 is 0 Å². The summed E-state index contributed by atoms with van der Waals surface area (Å²) in [5.41, 5.74) is -1.38. The van der Waals surface area contributed by atoms with Gasteiger partial charge in [-0.05, 0) is 65.0 Å². The van der Waals surface area contributed by atoms with Gasteiger partial charge in [-0.3, -0.25) is 24.2 Å². The number of halogens is 1. The highest BCUT2D eigenvalue weighted by Crippen LogP contribution is 2.52. The van der Waals surface area contributed by atoms with Crippen molar-refractivity contribution >= 4 is 35.9 Å². The first-order chi connectivity index (χ1) is 24.2. The summed E-state index contributed by atoms with van der Waals surface area (Å²) in [6.45, 7) is 8.26. The van der Waals surface area contributed by atoms with Crippen LogP contribution in [0.4, 0.5) is 14.0 Å². The molecular formula is C37H49FN4O9. The van der Waals surface area contributed by atoms with Crippen LogP contribution in [0.15, 0.2) is 30.4 Å². The van der Waals surface area contributed by atoms with Gasteiger partial charge in [-0.2, -0.15) is 0 Å². The first kappa shape index (κ1) is 37.8. The molecule has 4 aliphatic rings. The van der Waals surface area contributed by atoms with Gasteiger partial charge in [0.05, 0.1) is 19.7 Å². The summed E-state index contributed by atoms with van der Waals surface area (Å²) in [6, 6.07) is 2.21. The lowest BCUT2D eigenvalue weighted by Crippen LogP contribution is -2.59. The Morgan fingerprint density at radius 3 is 2.49 bits per heavy atom. The van der Waals surface area contributed by atoms with Crippen LogP contribution in [-0.2, 0) is 46.5 Å². The van der Waals surface area contributed by atoms with Crippen LogP contribution in [0.2, 0.25) is 0 Å². The number of nitrogens with one attached hydrogen (secondary N) is 1. The number of nitrogens with zero attached hydrogens (tertiary/aromatic N) is 3. The number of carbonyl (C=O) groups excluding carboxylic acids is 6. The average molecular weight is 713 g/mol. The number of amides is 5. The van der Waals surface area contributed by atoms with E-state index in [4.69, 9.17) is 14.2 Å². The van der Waals surface area contributed by atoms with Gasteiger partial charge in [0, 0.05) is 30.9 Å². The Kier molecular flexibility index (Phi) is 11.4. The van der Waals surface area contributed by atoms with Crippen molar-refractivity contribution in [1.29, 1.82) is 0 Å². The van der Waals surface area contributed by atoms with Crippen molar-refractivity contribution < 1.29 is 47.4 Å². The number of carbonyl (C=O) groups is 6. The molecule has 2 fully saturated rings. The minimum Gasteiger partial charge on any atom is -0.464 e. The number of esters is 1. The summed E-state index contributed by atoms with van der Waals surface area (Å²) in [7, 11) is 0. The lowest BCUT2D eigenvalue weighted by Gasteiger charge is -2.35. The largest absolute Gasteiger partial charge is 0.464 e. The van der Waals surface area contributed by atoms with E-state index in [2.05, 4.69) is 5.32 Å². The van der Waals surface area contributed by atoms with Gasteiger partial charge in [-0.15, -0.1) is 0 Å². The topological polar surface area (TPSA) is 152 Å². The SMILES string of the molecule is CCOC(=O)[C@@]12C[C@H]1C=CCCCCC[C@H](NC(=O)OC(C)(C)C)C(=O)N1C[C@H](OC(=O)N3Cc4cccc(F)c4C3)C[C@H]1C(=O)N2C(=O)CC. The second kappa shape index (κ2) is 15.4. The van der Waals surface area contributed by atoms with Gasteiger partial charge in [0.15, 0.2) is 5.54 Å². The Morgan fingerprint density at radius 2 is 1.80 bits per heavy atom. The number of benzene rings is 1. The van der Waals surface area contributed by atoms with Crippen molar-refractivity contribution in [2.75, 3.05) is 13.2 Å². The van der Waals surface area contributed by atoms with E-state index in [0.717, 1.165) is 17.7 Å². The molecule has 278 valence electrons. The van der Waals surface area contributed by atoms with Crippen LogP contribution < -0.4 is 5.32 Å². The molecule has 14 heteroatoms. The molecule has 51 heavy (non-hydrogen) atoms. The fourth-order valence-corrected chi connectivity index (χ4v) is 7.23. The molecule has 0 bridgehead atoms. The average Bonchev–Trinajstić information content (AvgIpc) is 3.37. The Labute approximate surface area is 297 Å². The van der Waals surface area contributed by atoms with Gasteiger partial charge in [-0.25, -0.2) is 18.8 Å². The monoisotopic (exact) mass is 712 g/mol. The Hall–Kier alpha value is -4.49. The van der Waals surface area contributed by atoms with Gasteiger partial charge in [0.25, 0.3) is 5.91 Å². The normalized spacial score (nSPS) is 26.7. The molecule has 5 atom stereocenters. The van der Waals surface area contributed by atoms with Crippen LogP contribution in [0.1, 0.15) is 97.1 Å². The van der Waals surface area contributed by atoms with Gasteiger partial charge in [0.2, 0.25) is 11.8 Å². The number of allylic oxidation sites excluding steroid dienone is 1. The van der Waals surface area contributed by atoms with Gasteiger partial charge >= 0.3 is 18.2 Å². The minimum absolute atomic E-state index is 0.00378. The van der Waals surface area contributed by atoms with E-state index in [-0.39, 0.29) is 51.9 Å². The molecule has 1 saturated heterocycles. The zero-order valence-electron chi connectivity index (χ0n) is 30.1. The molecule has 0 aromatic heterocycles. The van der Waals surface area contributed by atoms with Crippen LogP contribution in [0, 0.1) is 11.7 Å². The fraction of sp³-hybridized carbons (Fsp3) is 0.622. The summed E-state index contributed by atoms with van der Waals surface area (Å²) in [6.07, 6.45) is 4.16. The molecule has 3 aliphatic heterocycles. The van der Waals surface area contributed by atoms with Crippen LogP contribution >= 0.6 is 0 Å². The second-order valence-corrected chi connectivity index (χ2v) is 14.6. The Balaban J connectivity index is 1.48. The first-order valence-electron chi connectivity index (χ1n) is 17.9. The smallest absolute Gasteiger partial charge is 0.410 e. The second-order valence-electron chi connectivity index (χ2n) is 14.6. The molecule has 0 unspecified atom stereocenters. The summed E-state index contributed by atoms with van der Waals surface area (Å²) in [4.78, 5) is 86.4. The molecule has 5 rings (SSSR count). The molecule has 13 nitrogen and oxygen atoms in total. The van der Waals surface area contributed by atoms with Crippen molar-refractivity contribution in [3.05, 3.63) is 47.3 Å². The van der Waals surface area contributed by atoms with Crippen molar-refractivity contribution in [3.8, 4) is 0 Å². The number of hydrogen-bond acceptors (Lipinski definition) is 9. The van der Waals surface area contributed by atoms with Crippen LogP contribution in [0.5, 0.6) is 0 Å². The lowest BCUT2D eigenvalue weighted by atomic mass is 10.0. The molecule has 5 amide bonds. The third-order valence-corrected chi connectivity index (χ3v) is 9.79. The number of alkyl carbamates (subject to hydrolysis) is 1. The number of rotatable bonds is 5. The van der Waals surface area contributed by atoms with Crippen molar-refractivity contribution in [3.63, 3.8) is 0 Å². The summed E-state index contributed by atoms with van der Waals surface area (Å²) in [5, 5.41) is 2.68. The number of hydrogen-bond donors (Lipinski definition) is 1. The molecular weight excluding hydrogens is 663 g/mol. The van der Waals surface area contributed by atoms with Crippen molar-refractivity contribution in [2.24, 2.45) is 5.92 Å². The molecule has 0 radical (unpaired) electrons. The predicted molar refractivity (Wildman–Crippen MR) is 181 cm³/mol. The maximum Gasteiger partial charge on any atom is 0.410 e. The molecule has 1 N–H and O–H groups in total. The maximum atomic E-state index is 14.7. The predicted octanol–water partition coefficient (Wildman–Crippen LogP) is 4.75. The number of imide groups is 1. The van der Waals surface area contributed by atoms with Gasteiger partial charge in [-0.1, -0.05) is 44.1 Å². The molecule has 3 heterocycles. The maximum absolute atomic E-state index is 14.7. The Bertz CT molecular complexity index is 1570. The van der Waals surface area contributed by atoms with Gasteiger partial charge in [0.1, 0.15) is 29.6 Å². The van der Waals surface area contributed by atoms with Crippen molar-refractivity contribution in [2.45, 2.75) is 128 Å². The molecule has 1 aliphatic carbocycles. The van der Waals surface area contributed by atoms with E-state index in [9.17, 15) is 33.2 Å². The lowest BCUT2D eigenvalue weighted by molar-refractivity contribution is -0.166. The third-order valence-electron chi connectivity index (χ3n) is 9.79. The van der Waals surface area contributed by atoms with E-state index in [1.165, 1.54) is 15.9 Å². The molecule has 1 aromatic rings. The molecule has 1 aromatic carbocycles. The van der Waals surface area contributed by atoms with E-state index in [0.29, 0.717) is 24.0 Å². The van der Waals surface area contributed by atoms with E-state index in [1.807, 2.05) is 12.2 Å².